The van der Waals surface area contributed by atoms with E-state index in [1.54, 1.807) is 36.8 Å². The molecule has 4 N–H and O–H groups in total. The van der Waals surface area contributed by atoms with Crippen LogP contribution in [-0.2, 0) is 39.6 Å². The summed E-state index contributed by atoms with van der Waals surface area (Å²) in [5.74, 6) is -3.51. The molecular weight excluding hydrogens is 918 g/mol. The van der Waals surface area contributed by atoms with Crippen LogP contribution in [0.3, 0.4) is 0 Å². The van der Waals surface area contributed by atoms with Crippen LogP contribution < -0.4 is 10.4 Å². The predicted octanol–water partition coefficient (Wildman–Crippen LogP) is 6.30. The molecule has 0 radical (unpaired) electrons. The van der Waals surface area contributed by atoms with Gasteiger partial charge >= 0.3 is 11.9 Å². The number of hydrogen-bond donors (Lipinski definition) is 4. The summed E-state index contributed by atoms with van der Waals surface area (Å²) >= 11 is 0. The summed E-state index contributed by atoms with van der Waals surface area (Å²) in [5, 5.41) is 47.3. The highest BCUT2D eigenvalue weighted by Crippen LogP contribution is 2.38. The molecule has 3 aliphatic rings. The van der Waals surface area contributed by atoms with Crippen molar-refractivity contribution in [3.05, 3.63) is 45.7 Å². The maximum Gasteiger partial charge on any atom is 0.341 e. The SMILES string of the molecule is CC[C@H]1OC(=O)C(C)[C@@H](O[C@H]2CC(C)[C@@H](OCCN(C)CCCc3ccc4c(c3)c(=O)c(C(=O)O)cn4N(C)C)C(C)O2)[C@H](C)[C@@H](O[C@@H]2O[C@H](C)CCC2O)C(C)C[C@@H](C)C(=P)C[C@H](C)[C@@H](O)[C@]1(C)O. The van der Waals surface area contributed by atoms with E-state index in [9.17, 15) is 34.8 Å². The second-order valence-corrected chi connectivity index (χ2v) is 22.2. The Balaban J connectivity index is 1.27. The molecule has 0 spiro atoms. The molecule has 5 rings (SSSR count). The molecule has 396 valence electrons. The van der Waals surface area contributed by atoms with Gasteiger partial charge in [-0.2, -0.15) is 0 Å². The number of carbonyl (C=O) groups excluding carboxylic acids is 1. The van der Waals surface area contributed by atoms with Crippen molar-refractivity contribution in [2.75, 3.05) is 45.8 Å². The van der Waals surface area contributed by atoms with Crippen molar-refractivity contribution in [2.45, 2.75) is 188 Å². The Morgan fingerprint density at radius 2 is 1.60 bits per heavy atom. The fourth-order valence-electron chi connectivity index (χ4n) is 11.0. The van der Waals surface area contributed by atoms with E-state index in [0.29, 0.717) is 62.6 Å². The number of hydrogen-bond acceptors (Lipinski definition) is 14. The highest BCUT2D eigenvalue weighted by atomic mass is 31.0. The number of carboxylic acids is 1. The number of carbonyl (C=O) groups is 2. The second kappa shape index (κ2) is 25.3. The molecule has 0 amide bonds. The standard InChI is InChI=1S/C53H86N3O13P/c1-14-43-53(10,63)49(59)32(5)25-42(70)29(2)24-30(3)46(69-52-41(57)20-17-33(6)65-52)34(7)48(35(8)51(62)67-43)68-44-26-31(4)47(36(9)66-44)64-23-22-55(13)21-15-16-37-18-19-40-38(27-37)45(58)39(50(60)61)28-56(40)54(11)12/h18-19,27-36,41,43-44,46-49,52,57,59,63,70H,14-17,20-26H2,1-13H3,(H,60,61)/t29-,30?,31?,32+,33-,34-,35?,36?,41?,43-,44+,46+,47-,48+,49-,52+,53-/m1/s1. The molecule has 1 aromatic carbocycles. The number of aromatic nitrogens is 1. The zero-order valence-electron chi connectivity index (χ0n) is 44.1. The average molecular weight is 1000 g/mol. The van der Waals surface area contributed by atoms with Crippen LogP contribution in [0.1, 0.15) is 130 Å². The molecular formula is C53H86N3O13P. The quantitative estimate of drug-likeness (QED) is 0.115. The minimum Gasteiger partial charge on any atom is -0.477 e. The normalized spacial score (nSPS) is 36.4. The van der Waals surface area contributed by atoms with Gasteiger partial charge in [0.15, 0.2) is 12.6 Å². The number of aryl methyl sites for hydroxylation is 1. The maximum absolute atomic E-state index is 14.4. The fourth-order valence-corrected chi connectivity index (χ4v) is 11.4. The van der Waals surface area contributed by atoms with Crippen molar-refractivity contribution in [1.82, 2.24) is 9.58 Å². The molecule has 5 unspecified atom stereocenters. The number of carboxylic acid groups (broad SMARTS) is 1. The molecule has 16 nitrogen and oxygen atoms in total. The Morgan fingerprint density at radius 3 is 2.24 bits per heavy atom. The van der Waals surface area contributed by atoms with Gasteiger partial charge in [-0.15, -0.1) is 8.86 Å². The van der Waals surface area contributed by atoms with Gasteiger partial charge in [-0.3, -0.25) is 14.3 Å². The van der Waals surface area contributed by atoms with Crippen LogP contribution in [0.2, 0.25) is 0 Å². The molecule has 3 saturated heterocycles. The first-order valence-corrected chi connectivity index (χ1v) is 26.2. The van der Waals surface area contributed by atoms with E-state index >= 15 is 0 Å². The molecule has 0 saturated carbocycles. The minimum atomic E-state index is -1.73. The zero-order valence-corrected chi connectivity index (χ0v) is 45.1. The Labute approximate surface area is 418 Å². The monoisotopic (exact) mass is 1000 g/mol. The molecule has 2 aromatic rings. The smallest absolute Gasteiger partial charge is 0.341 e. The van der Waals surface area contributed by atoms with E-state index in [2.05, 4.69) is 34.5 Å². The molecule has 70 heavy (non-hydrogen) atoms. The molecule has 4 heterocycles. The van der Waals surface area contributed by atoms with Gasteiger partial charge in [-0.25, -0.2) is 4.79 Å². The number of esters is 1. The van der Waals surface area contributed by atoms with Crippen molar-refractivity contribution >= 4 is 37.0 Å². The number of aliphatic hydroxyl groups is 3. The third kappa shape index (κ3) is 14.2. The predicted molar refractivity (Wildman–Crippen MR) is 273 cm³/mol. The summed E-state index contributed by atoms with van der Waals surface area (Å²) in [6.07, 6.45) is -0.482. The van der Waals surface area contributed by atoms with Gasteiger partial charge in [0.2, 0.25) is 5.43 Å². The summed E-state index contributed by atoms with van der Waals surface area (Å²) in [4.78, 5) is 41.5. The Hall–Kier alpha value is -3.02. The summed E-state index contributed by atoms with van der Waals surface area (Å²) in [7, 11) is 9.53. The summed E-state index contributed by atoms with van der Waals surface area (Å²) < 4.78 is 40.9. The number of likely N-dealkylation sites (N-methyl/N-ethyl adjacent to an activating group) is 1. The number of ether oxygens (including phenoxy) is 6. The van der Waals surface area contributed by atoms with Crippen LogP contribution in [0.4, 0.5) is 0 Å². The number of benzene rings is 1. The van der Waals surface area contributed by atoms with Crippen molar-refractivity contribution in [2.24, 2.45) is 35.5 Å². The van der Waals surface area contributed by atoms with Gasteiger partial charge in [-0.1, -0.05) is 47.6 Å². The second-order valence-electron chi connectivity index (χ2n) is 21.6. The number of fused-ring (bicyclic) bond motifs is 1. The van der Waals surface area contributed by atoms with Gasteiger partial charge in [0.25, 0.3) is 0 Å². The third-order valence-electron chi connectivity index (χ3n) is 15.3. The van der Waals surface area contributed by atoms with Crippen LogP contribution in [0.5, 0.6) is 0 Å². The molecule has 17 heteroatoms. The number of cyclic esters (lactones) is 1. The van der Waals surface area contributed by atoms with Gasteiger partial charge < -0.3 is 58.8 Å². The van der Waals surface area contributed by atoms with Crippen molar-refractivity contribution in [1.29, 1.82) is 0 Å². The first kappa shape index (κ1) is 57.9. The van der Waals surface area contributed by atoms with Crippen molar-refractivity contribution in [3.8, 4) is 0 Å². The number of pyridine rings is 1. The summed E-state index contributed by atoms with van der Waals surface area (Å²) in [6, 6.07) is 5.65. The summed E-state index contributed by atoms with van der Waals surface area (Å²) in [6.45, 7) is 21.2. The maximum atomic E-state index is 14.4. The molecule has 17 atom stereocenters. The third-order valence-corrected chi connectivity index (χ3v) is 16.0. The molecule has 0 aliphatic carbocycles. The lowest BCUT2D eigenvalue weighted by molar-refractivity contribution is -0.291. The van der Waals surface area contributed by atoms with Gasteiger partial charge in [0.1, 0.15) is 23.4 Å². The number of aliphatic hydroxyl groups excluding tert-OH is 2. The van der Waals surface area contributed by atoms with Gasteiger partial charge in [-0.05, 0) is 133 Å². The molecule has 3 aliphatic heterocycles. The van der Waals surface area contributed by atoms with E-state index < -0.39 is 77.9 Å². The topological polar surface area (TPSA) is 199 Å². The van der Waals surface area contributed by atoms with E-state index in [-0.39, 0.29) is 54.0 Å². The van der Waals surface area contributed by atoms with Gasteiger partial charge in [0, 0.05) is 44.6 Å². The van der Waals surface area contributed by atoms with E-state index in [4.69, 9.17) is 28.4 Å². The zero-order chi connectivity index (χ0) is 51.9. The lowest BCUT2D eigenvalue weighted by Crippen LogP contribution is -2.55. The Kier molecular flexibility index (Phi) is 20.9. The lowest BCUT2D eigenvalue weighted by Gasteiger charge is -2.44. The largest absolute Gasteiger partial charge is 0.477 e. The molecule has 3 fully saturated rings. The van der Waals surface area contributed by atoms with E-state index in [1.165, 1.54) is 13.1 Å². The minimum absolute atomic E-state index is 0.0281. The Bertz CT molecular complexity index is 2110. The summed E-state index contributed by atoms with van der Waals surface area (Å²) in [5.41, 5.74) is -0.897. The Morgan fingerprint density at radius 1 is 0.914 bits per heavy atom. The average Bonchev–Trinajstić information content (AvgIpc) is 3.29. The van der Waals surface area contributed by atoms with Crippen LogP contribution in [0.25, 0.3) is 10.9 Å². The van der Waals surface area contributed by atoms with Crippen molar-refractivity contribution in [3.63, 3.8) is 0 Å². The van der Waals surface area contributed by atoms with Crippen LogP contribution in [0, 0.1) is 35.5 Å². The number of aromatic carboxylic acids is 1. The molecule has 0 bridgehead atoms. The number of nitrogens with zero attached hydrogens (tertiary/aromatic N) is 3. The van der Waals surface area contributed by atoms with Crippen LogP contribution in [-0.4, -0.2) is 155 Å². The highest BCUT2D eigenvalue weighted by Gasteiger charge is 2.48. The van der Waals surface area contributed by atoms with E-state index in [0.717, 1.165) is 23.8 Å². The molecule has 1 aromatic heterocycles. The lowest BCUT2D eigenvalue weighted by atomic mass is 9.78. The number of rotatable bonds is 15. The van der Waals surface area contributed by atoms with Crippen LogP contribution in [0.15, 0.2) is 29.2 Å². The fraction of sp³-hybridized carbons (Fsp3) is 0.774. The van der Waals surface area contributed by atoms with E-state index in [1.807, 2.05) is 53.8 Å². The van der Waals surface area contributed by atoms with Gasteiger partial charge in [0.05, 0.1) is 54.7 Å². The first-order valence-electron chi connectivity index (χ1n) is 25.7. The first-order chi connectivity index (χ1) is 32.8. The van der Waals surface area contributed by atoms with Crippen molar-refractivity contribution < 1.29 is 58.4 Å². The highest BCUT2D eigenvalue weighted by molar-refractivity contribution is 7.21. The van der Waals surface area contributed by atoms with Crippen LogP contribution >= 0.6 is 8.86 Å².